The lowest BCUT2D eigenvalue weighted by atomic mass is 10.0. The second kappa shape index (κ2) is 9.46. The molecule has 142 valence electrons. The van der Waals surface area contributed by atoms with Gasteiger partial charge >= 0.3 is 5.97 Å². The zero-order valence-electron chi connectivity index (χ0n) is 15.7. The third-order valence-corrected chi connectivity index (χ3v) is 4.27. The fourth-order valence-corrected chi connectivity index (χ4v) is 2.85. The highest BCUT2D eigenvalue weighted by Crippen LogP contribution is 2.19. The minimum atomic E-state index is -0.795. The number of hydrogen-bond donors (Lipinski definition) is 1. The van der Waals surface area contributed by atoms with Crippen LogP contribution in [0.25, 0.3) is 11.1 Å². The lowest BCUT2D eigenvalue weighted by Gasteiger charge is -2.17. The van der Waals surface area contributed by atoms with E-state index in [0.29, 0.717) is 11.3 Å². The minimum absolute atomic E-state index is 0.249. The highest BCUT2D eigenvalue weighted by Gasteiger charge is 2.23. The molecule has 0 fully saturated rings. The third kappa shape index (κ3) is 5.04. The number of rotatable bonds is 7. The Morgan fingerprint density at radius 1 is 0.929 bits per heavy atom. The van der Waals surface area contributed by atoms with Crippen molar-refractivity contribution in [3.05, 3.63) is 90.3 Å². The van der Waals surface area contributed by atoms with Gasteiger partial charge in [0.2, 0.25) is 0 Å². The lowest BCUT2D eigenvalue weighted by Crippen LogP contribution is -2.43. The molecule has 3 aromatic rings. The molecule has 28 heavy (non-hydrogen) atoms. The van der Waals surface area contributed by atoms with Gasteiger partial charge in [-0.2, -0.15) is 0 Å². The van der Waals surface area contributed by atoms with E-state index in [4.69, 9.17) is 4.74 Å². The van der Waals surface area contributed by atoms with Crippen molar-refractivity contribution >= 4 is 11.9 Å². The number of nitrogens with one attached hydrogen (secondary N) is 1. The molecule has 0 bridgehead atoms. The fourth-order valence-electron chi connectivity index (χ4n) is 2.85. The molecule has 3 rings (SSSR count). The summed E-state index contributed by atoms with van der Waals surface area (Å²) in [4.78, 5) is 29.2. The molecule has 1 N–H and O–H groups in total. The Morgan fingerprint density at radius 2 is 1.61 bits per heavy atom. The van der Waals surface area contributed by atoms with Crippen molar-refractivity contribution in [2.75, 3.05) is 6.61 Å². The quantitative estimate of drug-likeness (QED) is 0.641. The summed E-state index contributed by atoms with van der Waals surface area (Å²) in [6, 6.07) is 21.9. The summed E-state index contributed by atoms with van der Waals surface area (Å²) < 4.78 is 5.11. The van der Waals surface area contributed by atoms with Gasteiger partial charge in [-0.1, -0.05) is 48.5 Å². The Morgan fingerprint density at radius 3 is 2.25 bits per heavy atom. The predicted molar refractivity (Wildman–Crippen MR) is 108 cm³/mol. The number of ether oxygens (including phenoxy) is 1. The number of benzene rings is 2. The predicted octanol–water partition coefficient (Wildman–Crippen LogP) is 3.65. The Bertz CT molecular complexity index is 910. The van der Waals surface area contributed by atoms with Crippen LogP contribution < -0.4 is 5.32 Å². The molecule has 1 atom stereocenters. The van der Waals surface area contributed by atoms with Crippen LogP contribution in [0.3, 0.4) is 0 Å². The normalized spacial score (nSPS) is 11.5. The van der Waals surface area contributed by atoms with Crippen LogP contribution in [0.15, 0.2) is 79.0 Å². The Hall–Kier alpha value is -3.47. The number of nitrogens with zero attached hydrogens (tertiary/aromatic N) is 1. The van der Waals surface area contributed by atoms with E-state index in [1.165, 1.54) is 0 Å². The number of aromatic nitrogens is 1. The van der Waals surface area contributed by atoms with Gasteiger partial charge in [0.1, 0.15) is 6.04 Å². The van der Waals surface area contributed by atoms with Gasteiger partial charge in [-0.25, -0.2) is 4.79 Å². The van der Waals surface area contributed by atoms with E-state index >= 15 is 0 Å². The van der Waals surface area contributed by atoms with Crippen LogP contribution in [0.2, 0.25) is 0 Å². The van der Waals surface area contributed by atoms with Crippen molar-refractivity contribution in [2.24, 2.45) is 0 Å². The van der Waals surface area contributed by atoms with Gasteiger partial charge in [0.15, 0.2) is 0 Å². The van der Waals surface area contributed by atoms with E-state index in [0.717, 1.165) is 11.1 Å². The Labute approximate surface area is 164 Å². The molecule has 0 radical (unpaired) electrons. The zero-order valence-corrected chi connectivity index (χ0v) is 15.7. The van der Waals surface area contributed by atoms with Gasteiger partial charge in [0, 0.05) is 23.9 Å². The first-order chi connectivity index (χ1) is 13.7. The van der Waals surface area contributed by atoms with Crippen LogP contribution in [-0.4, -0.2) is 29.5 Å². The van der Waals surface area contributed by atoms with E-state index in [1.54, 1.807) is 31.3 Å². The molecule has 0 unspecified atom stereocenters. The van der Waals surface area contributed by atoms with Crippen molar-refractivity contribution in [2.45, 2.75) is 19.4 Å². The number of hydrogen-bond acceptors (Lipinski definition) is 4. The van der Waals surface area contributed by atoms with E-state index < -0.39 is 12.0 Å². The van der Waals surface area contributed by atoms with Gasteiger partial charge in [-0.3, -0.25) is 9.78 Å². The molecule has 0 aliphatic rings. The summed E-state index contributed by atoms with van der Waals surface area (Å²) >= 11 is 0. The van der Waals surface area contributed by atoms with Crippen LogP contribution >= 0.6 is 0 Å². The number of carbonyl (C=O) groups excluding carboxylic acids is 2. The minimum Gasteiger partial charge on any atom is -0.464 e. The number of amides is 1. The van der Waals surface area contributed by atoms with Crippen molar-refractivity contribution in [1.29, 1.82) is 0 Å². The van der Waals surface area contributed by atoms with E-state index in [2.05, 4.69) is 10.3 Å². The van der Waals surface area contributed by atoms with Gasteiger partial charge in [-0.15, -0.1) is 0 Å². The van der Waals surface area contributed by atoms with Gasteiger partial charge < -0.3 is 10.1 Å². The SMILES string of the molecule is CCOC(=O)[C@H](Cc1ccccn1)NC(=O)c1ccc(-c2ccccc2)cc1. The topological polar surface area (TPSA) is 68.3 Å². The van der Waals surface area contributed by atoms with Crippen LogP contribution in [0.4, 0.5) is 0 Å². The first kappa shape index (κ1) is 19.3. The summed E-state index contributed by atoms with van der Waals surface area (Å²) in [5.41, 5.74) is 3.29. The largest absolute Gasteiger partial charge is 0.464 e. The first-order valence-corrected chi connectivity index (χ1v) is 9.20. The second-order valence-corrected chi connectivity index (χ2v) is 6.25. The third-order valence-electron chi connectivity index (χ3n) is 4.27. The maximum absolute atomic E-state index is 12.7. The summed E-state index contributed by atoms with van der Waals surface area (Å²) in [6.07, 6.45) is 1.93. The number of esters is 1. The molecule has 0 aliphatic heterocycles. The molecule has 1 aromatic heterocycles. The summed E-state index contributed by atoms with van der Waals surface area (Å²) in [5, 5.41) is 2.77. The molecule has 1 amide bonds. The lowest BCUT2D eigenvalue weighted by molar-refractivity contribution is -0.145. The zero-order chi connectivity index (χ0) is 19.8. The first-order valence-electron chi connectivity index (χ1n) is 9.20. The number of carbonyl (C=O) groups is 2. The van der Waals surface area contributed by atoms with E-state index in [-0.39, 0.29) is 18.9 Å². The molecule has 0 saturated carbocycles. The van der Waals surface area contributed by atoms with E-state index in [9.17, 15) is 9.59 Å². The van der Waals surface area contributed by atoms with Gasteiger partial charge in [-0.05, 0) is 42.3 Å². The number of pyridine rings is 1. The summed E-state index contributed by atoms with van der Waals surface area (Å²) in [7, 11) is 0. The summed E-state index contributed by atoms with van der Waals surface area (Å²) in [5.74, 6) is -0.795. The molecule has 0 spiro atoms. The monoisotopic (exact) mass is 374 g/mol. The second-order valence-electron chi connectivity index (χ2n) is 6.25. The molecule has 0 saturated heterocycles. The molecule has 0 aliphatic carbocycles. The highest BCUT2D eigenvalue weighted by atomic mass is 16.5. The average molecular weight is 374 g/mol. The highest BCUT2D eigenvalue weighted by molar-refractivity contribution is 5.97. The van der Waals surface area contributed by atoms with Crippen molar-refractivity contribution in [1.82, 2.24) is 10.3 Å². The van der Waals surface area contributed by atoms with Crippen LogP contribution in [0.1, 0.15) is 23.0 Å². The van der Waals surface area contributed by atoms with Crippen molar-refractivity contribution in [3.63, 3.8) is 0 Å². The van der Waals surface area contributed by atoms with Gasteiger partial charge in [0.25, 0.3) is 5.91 Å². The van der Waals surface area contributed by atoms with Crippen molar-refractivity contribution < 1.29 is 14.3 Å². The van der Waals surface area contributed by atoms with Crippen LogP contribution in [0, 0.1) is 0 Å². The molecule has 5 nitrogen and oxygen atoms in total. The molecule has 2 aromatic carbocycles. The molecular formula is C23H22N2O3. The fraction of sp³-hybridized carbons (Fsp3) is 0.174. The summed E-state index contributed by atoms with van der Waals surface area (Å²) in [6.45, 7) is 1.99. The smallest absolute Gasteiger partial charge is 0.329 e. The maximum atomic E-state index is 12.7. The maximum Gasteiger partial charge on any atom is 0.329 e. The van der Waals surface area contributed by atoms with Crippen LogP contribution in [-0.2, 0) is 16.0 Å². The average Bonchev–Trinajstić information content (AvgIpc) is 2.75. The Kier molecular flexibility index (Phi) is 6.52. The molecule has 1 heterocycles. The Balaban J connectivity index is 1.73. The van der Waals surface area contributed by atoms with Gasteiger partial charge in [0.05, 0.1) is 6.61 Å². The molecular weight excluding hydrogens is 352 g/mol. The standard InChI is InChI=1S/C23H22N2O3/c1-2-28-23(27)21(16-20-10-6-7-15-24-20)25-22(26)19-13-11-18(12-14-19)17-8-4-3-5-9-17/h3-15,21H,2,16H2,1H3,(H,25,26)/t21-/m0/s1. The van der Waals surface area contributed by atoms with Crippen molar-refractivity contribution in [3.8, 4) is 11.1 Å². The van der Waals surface area contributed by atoms with Crippen LogP contribution in [0.5, 0.6) is 0 Å². The molecule has 5 heteroatoms. The van der Waals surface area contributed by atoms with E-state index in [1.807, 2.05) is 54.6 Å².